The molecule has 2 aliphatic heterocycles. The second-order valence-corrected chi connectivity index (χ2v) is 8.19. The molecule has 0 aliphatic carbocycles. The average Bonchev–Trinajstić information content (AvgIpc) is 2.80. The van der Waals surface area contributed by atoms with E-state index < -0.39 is 5.92 Å². The average molecular weight is 440 g/mol. The van der Waals surface area contributed by atoms with Crippen molar-refractivity contribution in [2.75, 3.05) is 31.1 Å². The Morgan fingerprint density at radius 1 is 1.09 bits per heavy atom. The molecule has 2 aliphatic rings. The largest absolute Gasteiger partial charge is 0.490 e. The Morgan fingerprint density at radius 3 is 2.66 bits per heavy atom. The van der Waals surface area contributed by atoms with Crippen molar-refractivity contribution < 1.29 is 18.3 Å². The van der Waals surface area contributed by atoms with Crippen LogP contribution < -0.4 is 15.2 Å². The maximum Gasteiger partial charge on any atom is 0.260 e. The Labute approximate surface area is 182 Å². The smallest absolute Gasteiger partial charge is 0.260 e. The molecular formula is C23H22F2N4O3. The molecule has 2 aromatic carbocycles. The molecular weight excluding hydrogens is 418 g/mol. The fourth-order valence-corrected chi connectivity index (χ4v) is 4.21. The van der Waals surface area contributed by atoms with Gasteiger partial charge in [-0.1, -0.05) is 0 Å². The Bertz CT molecular complexity index is 1260. The van der Waals surface area contributed by atoms with Gasteiger partial charge in [-0.25, -0.2) is 13.8 Å². The number of piperidine rings is 1. The fourth-order valence-electron chi connectivity index (χ4n) is 4.21. The van der Waals surface area contributed by atoms with E-state index in [1.165, 1.54) is 15.8 Å². The molecule has 0 radical (unpaired) electrons. The van der Waals surface area contributed by atoms with Gasteiger partial charge in [0.15, 0.2) is 0 Å². The maximum atomic E-state index is 13.4. The van der Waals surface area contributed by atoms with Crippen LogP contribution in [0, 0.1) is 0 Å². The Kier molecular flexibility index (Phi) is 4.83. The number of carbonyl (C=O) groups excluding carboxylic acids is 1. The molecule has 5 rings (SSSR count). The van der Waals surface area contributed by atoms with E-state index in [0.717, 1.165) is 11.4 Å². The standard InChI is InChI=1S/C23H22F2N4O3/c1-27-14-26-18-13-16(3-4-17(18)22(27)31)29-10-11-32-20-12-15(2-5-19(20)29)21(30)28-8-6-23(24,25)7-9-28/h2-5,12-14H,6-11H2,1H3. The summed E-state index contributed by atoms with van der Waals surface area (Å²) in [4.78, 5) is 33.0. The normalized spacial score (nSPS) is 17.7. The number of nitrogens with zero attached hydrogens (tertiary/aromatic N) is 4. The summed E-state index contributed by atoms with van der Waals surface area (Å²) in [6.07, 6.45) is 0.871. The first-order valence-electron chi connectivity index (χ1n) is 10.5. The topological polar surface area (TPSA) is 67.7 Å². The number of carbonyl (C=O) groups is 1. The van der Waals surface area contributed by atoms with Crippen molar-refractivity contribution in [1.82, 2.24) is 14.5 Å². The van der Waals surface area contributed by atoms with Crippen LogP contribution in [0.25, 0.3) is 10.9 Å². The van der Waals surface area contributed by atoms with Crippen LogP contribution in [-0.2, 0) is 7.05 Å². The summed E-state index contributed by atoms with van der Waals surface area (Å²) >= 11 is 0. The Hall–Kier alpha value is -3.49. The number of alkyl halides is 2. The van der Waals surface area contributed by atoms with Crippen molar-refractivity contribution in [2.45, 2.75) is 18.8 Å². The van der Waals surface area contributed by atoms with E-state index in [0.29, 0.717) is 35.4 Å². The molecule has 0 unspecified atom stereocenters. The highest BCUT2D eigenvalue weighted by atomic mass is 19.3. The first kappa shape index (κ1) is 20.4. The lowest BCUT2D eigenvalue weighted by Gasteiger charge is -2.33. The molecule has 3 aromatic rings. The van der Waals surface area contributed by atoms with Gasteiger partial charge in [0.2, 0.25) is 0 Å². The third kappa shape index (κ3) is 3.57. The number of ether oxygens (including phenoxy) is 1. The fraction of sp³-hybridized carbons (Fsp3) is 0.348. The van der Waals surface area contributed by atoms with Crippen LogP contribution in [0.3, 0.4) is 0 Å². The number of benzene rings is 2. The number of hydrogen-bond donors (Lipinski definition) is 0. The van der Waals surface area contributed by atoms with Gasteiger partial charge in [0.25, 0.3) is 17.4 Å². The minimum Gasteiger partial charge on any atom is -0.490 e. The molecule has 1 amide bonds. The minimum absolute atomic E-state index is 0.0411. The minimum atomic E-state index is -2.70. The van der Waals surface area contributed by atoms with E-state index in [-0.39, 0.29) is 37.4 Å². The van der Waals surface area contributed by atoms with E-state index in [9.17, 15) is 18.4 Å². The highest BCUT2D eigenvalue weighted by Gasteiger charge is 2.36. The molecule has 1 fully saturated rings. The van der Waals surface area contributed by atoms with Crippen LogP contribution >= 0.6 is 0 Å². The number of halogens is 2. The van der Waals surface area contributed by atoms with Gasteiger partial charge in [-0.05, 0) is 36.4 Å². The zero-order valence-corrected chi connectivity index (χ0v) is 17.6. The number of fused-ring (bicyclic) bond motifs is 2. The predicted molar refractivity (Wildman–Crippen MR) is 116 cm³/mol. The predicted octanol–water partition coefficient (Wildman–Crippen LogP) is 3.34. The lowest BCUT2D eigenvalue weighted by molar-refractivity contribution is -0.0494. The molecule has 0 spiro atoms. The molecule has 0 saturated carbocycles. The van der Waals surface area contributed by atoms with Crippen LogP contribution in [0.15, 0.2) is 47.5 Å². The lowest BCUT2D eigenvalue weighted by atomic mass is 10.0. The molecule has 1 saturated heterocycles. The highest BCUT2D eigenvalue weighted by molar-refractivity contribution is 5.96. The molecule has 0 bridgehead atoms. The summed E-state index contributed by atoms with van der Waals surface area (Å²) in [5.74, 6) is -2.41. The van der Waals surface area contributed by atoms with Gasteiger partial charge in [-0.3, -0.25) is 9.59 Å². The first-order chi connectivity index (χ1) is 15.3. The summed E-state index contributed by atoms with van der Waals surface area (Å²) in [6.45, 7) is 1.10. The molecule has 3 heterocycles. The number of anilines is 2. The summed E-state index contributed by atoms with van der Waals surface area (Å²) in [5, 5.41) is 0.542. The first-order valence-corrected chi connectivity index (χ1v) is 10.5. The van der Waals surface area contributed by atoms with E-state index in [2.05, 4.69) is 4.98 Å². The van der Waals surface area contributed by atoms with Gasteiger partial charge in [-0.15, -0.1) is 0 Å². The van der Waals surface area contributed by atoms with Crippen LogP contribution in [0.1, 0.15) is 23.2 Å². The third-order valence-electron chi connectivity index (χ3n) is 6.07. The number of aryl methyl sites for hydroxylation is 1. The van der Waals surface area contributed by atoms with E-state index >= 15 is 0 Å². The van der Waals surface area contributed by atoms with E-state index in [1.807, 2.05) is 23.1 Å². The van der Waals surface area contributed by atoms with Crippen molar-refractivity contribution in [3.05, 3.63) is 58.6 Å². The van der Waals surface area contributed by atoms with Crippen molar-refractivity contribution in [3.63, 3.8) is 0 Å². The van der Waals surface area contributed by atoms with E-state index in [1.54, 1.807) is 25.2 Å². The third-order valence-corrected chi connectivity index (χ3v) is 6.07. The quantitative estimate of drug-likeness (QED) is 0.612. The highest BCUT2D eigenvalue weighted by Crippen LogP contribution is 2.38. The molecule has 166 valence electrons. The van der Waals surface area contributed by atoms with Gasteiger partial charge in [-0.2, -0.15) is 0 Å². The SMILES string of the molecule is Cn1cnc2cc(N3CCOc4cc(C(=O)N5CCC(F)(F)CC5)ccc43)ccc2c1=O. The molecule has 32 heavy (non-hydrogen) atoms. The van der Waals surface area contributed by atoms with Gasteiger partial charge in [0.1, 0.15) is 12.4 Å². The summed E-state index contributed by atoms with van der Waals surface area (Å²) in [6, 6.07) is 10.7. The molecule has 1 aromatic heterocycles. The summed E-state index contributed by atoms with van der Waals surface area (Å²) in [7, 11) is 1.66. The number of likely N-dealkylation sites (tertiary alicyclic amines) is 1. The zero-order chi connectivity index (χ0) is 22.5. The number of aromatic nitrogens is 2. The van der Waals surface area contributed by atoms with Gasteiger partial charge >= 0.3 is 0 Å². The van der Waals surface area contributed by atoms with Gasteiger partial charge in [0, 0.05) is 44.2 Å². The molecule has 9 heteroatoms. The molecule has 0 N–H and O–H groups in total. The second-order valence-electron chi connectivity index (χ2n) is 8.19. The molecule has 0 atom stereocenters. The van der Waals surface area contributed by atoms with Crippen LogP contribution in [0.2, 0.25) is 0 Å². The number of rotatable bonds is 2. The van der Waals surface area contributed by atoms with Crippen molar-refractivity contribution in [1.29, 1.82) is 0 Å². The number of amides is 1. The second kappa shape index (κ2) is 7.58. The van der Waals surface area contributed by atoms with Crippen LogP contribution in [0.5, 0.6) is 5.75 Å². The summed E-state index contributed by atoms with van der Waals surface area (Å²) < 4.78 is 34.1. The van der Waals surface area contributed by atoms with Crippen molar-refractivity contribution in [2.24, 2.45) is 7.05 Å². The number of hydrogen-bond acceptors (Lipinski definition) is 5. The lowest BCUT2D eigenvalue weighted by Crippen LogP contribution is -2.42. The van der Waals surface area contributed by atoms with Gasteiger partial charge < -0.3 is 19.1 Å². The van der Waals surface area contributed by atoms with Gasteiger partial charge in [0.05, 0.1) is 29.5 Å². The zero-order valence-electron chi connectivity index (χ0n) is 17.6. The Morgan fingerprint density at radius 2 is 1.88 bits per heavy atom. The summed E-state index contributed by atoms with van der Waals surface area (Å²) in [5.41, 5.74) is 2.57. The van der Waals surface area contributed by atoms with Crippen molar-refractivity contribution in [3.8, 4) is 5.75 Å². The van der Waals surface area contributed by atoms with E-state index in [4.69, 9.17) is 4.74 Å². The monoisotopic (exact) mass is 440 g/mol. The van der Waals surface area contributed by atoms with Crippen LogP contribution in [0.4, 0.5) is 20.2 Å². The maximum absolute atomic E-state index is 13.4. The van der Waals surface area contributed by atoms with Crippen LogP contribution in [-0.4, -0.2) is 52.5 Å². The Balaban J connectivity index is 1.43. The molecule has 7 nitrogen and oxygen atoms in total. The van der Waals surface area contributed by atoms with Crippen molar-refractivity contribution >= 4 is 28.2 Å².